The summed E-state index contributed by atoms with van der Waals surface area (Å²) in [5.74, 6) is 0. The van der Waals surface area contributed by atoms with Gasteiger partial charge in [0.25, 0.3) is 5.56 Å². The van der Waals surface area contributed by atoms with Gasteiger partial charge in [-0.3, -0.25) is 4.79 Å². The molecule has 5 nitrogen and oxygen atoms in total. The van der Waals surface area contributed by atoms with E-state index < -0.39 is 0 Å². The zero-order chi connectivity index (χ0) is 17.9. The molecule has 1 aromatic heterocycles. The fourth-order valence-corrected chi connectivity index (χ4v) is 3.50. The Morgan fingerprint density at radius 3 is 2.77 bits per heavy atom. The number of hydrogen-bond acceptors (Lipinski definition) is 4. The molecule has 1 fully saturated rings. The van der Waals surface area contributed by atoms with Crippen molar-refractivity contribution in [3.63, 3.8) is 0 Å². The fraction of sp³-hybridized carbons (Fsp3) is 0.286. The van der Waals surface area contributed by atoms with E-state index in [1.165, 1.54) is 0 Å². The van der Waals surface area contributed by atoms with Gasteiger partial charge in [0.2, 0.25) is 0 Å². The van der Waals surface area contributed by atoms with Crippen molar-refractivity contribution in [2.45, 2.75) is 25.5 Å². The molecule has 0 spiro atoms. The molecule has 5 heteroatoms. The van der Waals surface area contributed by atoms with Crippen LogP contribution in [-0.4, -0.2) is 29.3 Å². The molecule has 1 saturated heterocycles. The van der Waals surface area contributed by atoms with E-state index >= 15 is 0 Å². The van der Waals surface area contributed by atoms with Crippen molar-refractivity contribution in [3.05, 3.63) is 70.5 Å². The predicted molar refractivity (Wildman–Crippen MR) is 106 cm³/mol. The van der Waals surface area contributed by atoms with Crippen molar-refractivity contribution in [1.82, 2.24) is 4.98 Å². The Bertz CT molecular complexity index is 949. The number of pyridine rings is 1. The van der Waals surface area contributed by atoms with Gasteiger partial charge in [-0.1, -0.05) is 18.2 Å². The number of nitrogens with zero attached hydrogens (tertiary/aromatic N) is 1. The first-order valence-electron chi connectivity index (χ1n) is 9.07. The summed E-state index contributed by atoms with van der Waals surface area (Å²) in [7, 11) is 0. The Labute approximate surface area is 152 Å². The molecule has 2 aromatic carbocycles. The smallest absolute Gasteiger partial charge is 0.253 e. The fourth-order valence-electron chi connectivity index (χ4n) is 3.50. The SMILES string of the molecule is O=c1[nH]c2ccccc2cc1CNc1ccc(N2CCC[C@@H](O)C2)cc1. The van der Waals surface area contributed by atoms with Gasteiger partial charge in [0.15, 0.2) is 0 Å². The normalized spacial score (nSPS) is 17.4. The average Bonchev–Trinajstić information content (AvgIpc) is 2.67. The molecular formula is C21H23N3O2. The first kappa shape index (κ1) is 16.7. The Balaban J connectivity index is 1.45. The summed E-state index contributed by atoms with van der Waals surface area (Å²) in [6, 6.07) is 17.9. The Morgan fingerprint density at radius 1 is 1.15 bits per heavy atom. The van der Waals surface area contributed by atoms with Gasteiger partial charge in [-0.15, -0.1) is 0 Å². The van der Waals surface area contributed by atoms with Crippen LogP contribution in [0.1, 0.15) is 18.4 Å². The molecule has 134 valence electrons. The van der Waals surface area contributed by atoms with Gasteiger partial charge in [0.1, 0.15) is 0 Å². The maximum atomic E-state index is 12.2. The molecule has 1 atom stereocenters. The van der Waals surface area contributed by atoms with E-state index in [4.69, 9.17) is 0 Å². The van der Waals surface area contributed by atoms with E-state index in [9.17, 15) is 9.90 Å². The topological polar surface area (TPSA) is 68.4 Å². The summed E-state index contributed by atoms with van der Waals surface area (Å²) in [6.07, 6.45) is 1.67. The second kappa shape index (κ2) is 7.22. The molecule has 3 aromatic rings. The second-order valence-electron chi connectivity index (χ2n) is 6.85. The molecule has 2 heterocycles. The summed E-state index contributed by atoms with van der Waals surface area (Å²) in [4.78, 5) is 17.4. The standard InChI is InChI=1S/C21H23N3O2/c25-19-5-3-11-24(14-19)18-9-7-17(8-10-18)22-13-16-12-15-4-1-2-6-20(15)23-21(16)26/h1-2,4,6-10,12,19,22,25H,3,5,11,13-14H2,(H,23,26)/t19-/m1/s1. The number of piperidine rings is 1. The minimum absolute atomic E-state index is 0.0601. The monoisotopic (exact) mass is 349 g/mol. The van der Waals surface area contributed by atoms with Crippen LogP contribution < -0.4 is 15.8 Å². The number of aliphatic hydroxyl groups excluding tert-OH is 1. The van der Waals surface area contributed by atoms with Crippen molar-refractivity contribution >= 4 is 22.3 Å². The predicted octanol–water partition coefficient (Wildman–Crippen LogP) is 3.10. The lowest BCUT2D eigenvalue weighted by molar-refractivity contribution is 0.154. The molecule has 3 N–H and O–H groups in total. The maximum Gasteiger partial charge on any atom is 0.253 e. The number of hydrogen-bond donors (Lipinski definition) is 3. The third-order valence-corrected chi connectivity index (χ3v) is 4.94. The van der Waals surface area contributed by atoms with E-state index in [0.717, 1.165) is 41.7 Å². The van der Waals surface area contributed by atoms with Crippen molar-refractivity contribution in [2.75, 3.05) is 23.3 Å². The summed E-state index contributed by atoms with van der Waals surface area (Å²) in [5.41, 5.74) is 3.60. The molecule has 0 saturated carbocycles. The summed E-state index contributed by atoms with van der Waals surface area (Å²) in [5, 5.41) is 14.2. The van der Waals surface area contributed by atoms with E-state index in [1.54, 1.807) is 0 Å². The number of para-hydroxylation sites is 1. The van der Waals surface area contributed by atoms with Crippen LogP contribution in [0.4, 0.5) is 11.4 Å². The van der Waals surface area contributed by atoms with Gasteiger partial charge in [0, 0.05) is 42.1 Å². The van der Waals surface area contributed by atoms with Gasteiger partial charge in [-0.25, -0.2) is 0 Å². The van der Waals surface area contributed by atoms with Crippen molar-refractivity contribution in [3.8, 4) is 0 Å². The first-order valence-corrected chi connectivity index (χ1v) is 9.07. The molecule has 1 aliphatic rings. The van der Waals surface area contributed by atoms with Crippen LogP contribution in [0.3, 0.4) is 0 Å². The van der Waals surface area contributed by atoms with Crippen molar-refractivity contribution < 1.29 is 5.11 Å². The number of aliphatic hydroxyl groups is 1. The third kappa shape index (κ3) is 3.58. The Hall–Kier alpha value is -2.79. The number of β-amino-alcohol motifs (C(OH)–C–C–N with tert-alkyl or cyclic N) is 1. The van der Waals surface area contributed by atoms with Gasteiger partial charge in [0.05, 0.1) is 6.10 Å². The number of H-pyrrole nitrogens is 1. The van der Waals surface area contributed by atoms with Crippen molar-refractivity contribution in [2.24, 2.45) is 0 Å². The summed E-state index contributed by atoms with van der Waals surface area (Å²) >= 11 is 0. The zero-order valence-electron chi connectivity index (χ0n) is 14.6. The molecule has 0 amide bonds. The molecule has 0 aliphatic carbocycles. The quantitative estimate of drug-likeness (QED) is 0.677. The van der Waals surface area contributed by atoms with Crippen LogP contribution >= 0.6 is 0 Å². The van der Waals surface area contributed by atoms with Crippen LogP contribution in [0, 0.1) is 0 Å². The lowest BCUT2D eigenvalue weighted by Crippen LogP contribution is -2.38. The highest BCUT2D eigenvalue weighted by atomic mass is 16.3. The number of anilines is 2. The molecule has 4 rings (SSSR count). The minimum atomic E-state index is -0.235. The Morgan fingerprint density at radius 2 is 1.96 bits per heavy atom. The second-order valence-corrected chi connectivity index (χ2v) is 6.85. The number of fused-ring (bicyclic) bond motifs is 1. The highest BCUT2D eigenvalue weighted by Crippen LogP contribution is 2.22. The van der Waals surface area contributed by atoms with Gasteiger partial charge >= 0.3 is 0 Å². The average molecular weight is 349 g/mol. The molecule has 0 bridgehead atoms. The van der Waals surface area contributed by atoms with Crippen LogP contribution in [0.5, 0.6) is 0 Å². The Kier molecular flexibility index (Phi) is 4.63. The zero-order valence-corrected chi connectivity index (χ0v) is 14.6. The van der Waals surface area contributed by atoms with Crippen molar-refractivity contribution in [1.29, 1.82) is 0 Å². The van der Waals surface area contributed by atoms with Crippen LogP contribution in [0.25, 0.3) is 10.9 Å². The molecule has 0 unspecified atom stereocenters. The minimum Gasteiger partial charge on any atom is -0.391 e. The van der Waals surface area contributed by atoms with E-state index in [-0.39, 0.29) is 11.7 Å². The number of benzene rings is 2. The molecule has 1 aliphatic heterocycles. The van der Waals surface area contributed by atoms with E-state index in [2.05, 4.69) is 27.3 Å². The third-order valence-electron chi connectivity index (χ3n) is 4.94. The van der Waals surface area contributed by atoms with E-state index in [0.29, 0.717) is 18.7 Å². The van der Waals surface area contributed by atoms with Crippen LogP contribution in [0.15, 0.2) is 59.4 Å². The summed E-state index contributed by atoms with van der Waals surface area (Å²) < 4.78 is 0. The number of rotatable bonds is 4. The largest absolute Gasteiger partial charge is 0.391 e. The van der Waals surface area contributed by atoms with Gasteiger partial charge in [-0.2, -0.15) is 0 Å². The number of nitrogens with one attached hydrogen (secondary N) is 2. The molecular weight excluding hydrogens is 326 g/mol. The van der Waals surface area contributed by atoms with Crippen LogP contribution in [-0.2, 0) is 6.54 Å². The first-order chi connectivity index (χ1) is 12.7. The lowest BCUT2D eigenvalue weighted by Gasteiger charge is -2.32. The highest BCUT2D eigenvalue weighted by Gasteiger charge is 2.17. The number of aromatic nitrogens is 1. The maximum absolute atomic E-state index is 12.2. The van der Waals surface area contributed by atoms with E-state index in [1.807, 2.05) is 42.5 Å². The number of aromatic amines is 1. The molecule has 0 radical (unpaired) electrons. The van der Waals surface area contributed by atoms with Gasteiger partial charge in [-0.05, 0) is 54.6 Å². The highest BCUT2D eigenvalue weighted by molar-refractivity contribution is 5.78. The van der Waals surface area contributed by atoms with Crippen LogP contribution in [0.2, 0.25) is 0 Å². The van der Waals surface area contributed by atoms with Gasteiger partial charge < -0.3 is 20.3 Å². The molecule has 26 heavy (non-hydrogen) atoms. The lowest BCUT2D eigenvalue weighted by atomic mass is 10.1. The summed E-state index contributed by atoms with van der Waals surface area (Å²) in [6.45, 7) is 2.15.